The van der Waals surface area contributed by atoms with Gasteiger partial charge in [0.1, 0.15) is 0 Å². The number of rotatable bonds is 1. The Hall–Kier alpha value is -0.330. The third-order valence-electron chi connectivity index (χ3n) is 1.75. The molecule has 4 nitrogen and oxygen atoms in total. The Labute approximate surface area is 78.6 Å². The topological polar surface area (TPSA) is 46.6 Å². The number of hydrogen-bond donors (Lipinski definition) is 0. The van der Waals surface area contributed by atoms with Gasteiger partial charge in [0.2, 0.25) is 0 Å². The summed E-state index contributed by atoms with van der Waals surface area (Å²) in [5, 5.41) is 0. The van der Waals surface area contributed by atoms with E-state index in [9.17, 15) is 9.59 Å². The summed E-state index contributed by atoms with van der Waals surface area (Å²) in [6, 6.07) is 0. The van der Waals surface area contributed by atoms with E-state index in [1.54, 1.807) is 11.9 Å². The Balaban J connectivity index is 2.73. The molecule has 0 N–H and O–H groups in total. The third kappa shape index (κ3) is 1.88. The van der Waals surface area contributed by atoms with Crippen molar-refractivity contribution in [3.63, 3.8) is 0 Å². The second-order valence-corrected chi connectivity index (χ2v) is 8.89. The van der Waals surface area contributed by atoms with Crippen LogP contribution < -0.4 is 0 Å². The molecule has 0 aromatic carbocycles. The molecule has 1 atom stereocenters. The van der Waals surface area contributed by atoms with Gasteiger partial charge in [0.15, 0.2) is 0 Å². The van der Waals surface area contributed by atoms with Gasteiger partial charge in [0.25, 0.3) is 0 Å². The van der Waals surface area contributed by atoms with Crippen molar-refractivity contribution in [3.8, 4) is 0 Å². The molecule has 12 heavy (non-hydrogen) atoms. The van der Waals surface area contributed by atoms with E-state index >= 15 is 0 Å². The molecule has 1 unspecified atom stereocenters. The number of carbonyl (C=O) groups excluding carboxylic acids is 2. The van der Waals surface area contributed by atoms with Crippen LogP contribution in [0.3, 0.4) is 0 Å². The van der Waals surface area contributed by atoms with Crippen LogP contribution >= 0.6 is 19.8 Å². The maximum absolute atomic E-state index is 11.0. The summed E-state index contributed by atoms with van der Waals surface area (Å²) >= 11 is -1.14. The molecule has 70 valence electrons. The molecule has 0 spiro atoms. The van der Waals surface area contributed by atoms with Gasteiger partial charge in [-0.2, -0.15) is 0 Å². The first kappa shape index (κ1) is 9.76. The average Bonchev–Trinajstić information content (AvgIpc) is 1.96. The van der Waals surface area contributed by atoms with Gasteiger partial charge in [-0.05, 0) is 0 Å². The summed E-state index contributed by atoms with van der Waals surface area (Å²) in [4.78, 5) is 27.7. The van der Waals surface area contributed by atoms with Crippen LogP contribution in [0.15, 0.2) is 0 Å². The SMILES string of the molecule is CN1C(=O)OC(=O)CC1I(C)C. The Kier molecular flexibility index (Phi) is 2.92. The van der Waals surface area contributed by atoms with E-state index in [1.807, 2.05) is 0 Å². The molecule has 1 amide bonds. The quantitative estimate of drug-likeness (QED) is 0.238. The molecule has 5 heteroatoms. The second-order valence-electron chi connectivity index (χ2n) is 2.80. The van der Waals surface area contributed by atoms with Crippen molar-refractivity contribution >= 4 is 31.9 Å². The zero-order chi connectivity index (χ0) is 9.30. The Morgan fingerprint density at radius 2 is 2.08 bits per heavy atom. The first-order valence-corrected chi connectivity index (χ1v) is 9.04. The molecule has 0 saturated carbocycles. The summed E-state index contributed by atoms with van der Waals surface area (Å²) < 4.78 is 4.59. The summed E-state index contributed by atoms with van der Waals surface area (Å²) in [6.45, 7) is 0. The minimum absolute atomic E-state index is 0.142. The normalized spacial score (nSPS) is 25.4. The van der Waals surface area contributed by atoms with Gasteiger partial charge in [-0.25, -0.2) is 0 Å². The molecule has 1 saturated heterocycles. The number of nitrogens with zero attached hydrogens (tertiary/aromatic N) is 1. The van der Waals surface area contributed by atoms with Gasteiger partial charge >= 0.3 is 78.5 Å². The predicted molar refractivity (Wildman–Crippen MR) is 53.5 cm³/mol. The number of amides is 1. The van der Waals surface area contributed by atoms with Crippen LogP contribution in [-0.4, -0.2) is 37.9 Å². The predicted octanol–water partition coefficient (Wildman–Crippen LogP) is 1.08. The maximum atomic E-state index is 11.0. The van der Waals surface area contributed by atoms with E-state index in [2.05, 4.69) is 14.6 Å². The minimum atomic E-state index is -1.14. The molecular formula is C7H12INO3. The Bertz CT molecular complexity index is 217. The van der Waals surface area contributed by atoms with Crippen molar-refractivity contribution < 1.29 is 14.3 Å². The summed E-state index contributed by atoms with van der Waals surface area (Å²) in [6.07, 6.45) is -0.123. The summed E-state index contributed by atoms with van der Waals surface area (Å²) in [5.74, 6) is -0.380. The average molecular weight is 285 g/mol. The third-order valence-corrected chi connectivity index (χ3v) is 5.90. The van der Waals surface area contributed by atoms with Crippen molar-refractivity contribution in [2.24, 2.45) is 0 Å². The molecule has 0 aliphatic carbocycles. The number of esters is 1. The summed E-state index contributed by atoms with van der Waals surface area (Å²) in [7, 11) is 1.69. The molecule has 1 rings (SSSR count). The summed E-state index contributed by atoms with van der Waals surface area (Å²) in [5.41, 5.74) is 0. The first-order valence-electron chi connectivity index (χ1n) is 3.48. The van der Waals surface area contributed by atoms with Crippen molar-refractivity contribution in [2.45, 2.75) is 10.5 Å². The zero-order valence-corrected chi connectivity index (χ0v) is 9.49. The monoisotopic (exact) mass is 285 g/mol. The molecule has 1 fully saturated rings. The first-order chi connectivity index (χ1) is 5.52. The number of carbonyl (C=O) groups is 2. The van der Waals surface area contributed by atoms with Gasteiger partial charge in [-0.15, -0.1) is 0 Å². The van der Waals surface area contributed by atoms with E-state index in [4.69, 9.17) is 0 Å². The van der Waals surface area contributed by atoms with Crippen LogP contribution in [0.2, 0.25) is 0 Å². The number of hydrogen-bond acceptors (Lipinski definition) is 3. The van der Waals surface area contributed by atoms with Crippen molar-refractivity contribution in [3.05, 3.63) is 0 Å². The van der Waals surface area contributed by atoms with Crippen molar-refractivity contribution in [2.75, 3.05) is 16.9 Å². The number of cyclic esters (lactones) is 2. The second kappa shape index (κ2) is 3.59. The molecule has 0 aromatic rings. The molecule has 1 aliphatic rings. The fraction of sp³-hybridized carbons (Fsp3) is 0.714. The molecule has 1 heterocycles. The number of halogens is 1. The van der Waals surface area contributed by atoms with Gasteiger partial charge < -0.3 is 0 Å². The molecule has 0 radical (unpaired) electrons. The van der Waals surface area contributed by atoms with Crippen LogP contribution in [-0.2, 0) is 9.53 Å². The van der Waals surface area contributed by atoms with Gasteiger partial charge in [-0.3, -0.25) is 0 Å². The van der Waals surface area contributed by atoms with Crippen LogP contribution in [0.5, 0.6) is 0 Å². The van der Waals surface area contributed by atoms with Crippen LogP contribution in [0.4, 0.5) is 4.79 Å². The van der Waals surface area contributed by atoms with Gasteiger partial charge in [0.05, 0.1) is 0 Å². The number of ether oxygens (including phenoxy) is 1. The van der Waals surface area contributed by atoms with E-state index in [0.717, 1.165) is 0 Å². The molecule has 1 aliphatic heterocycles. The Morgan fingerprint density at radius 1 is 1.50 bits per heavy atom. The van der Waals surface area contributed by atoms with Crippen LogP contribution in [0.1, 0.15) is 6.42 Å². The van der Waals surface area contributed by atoms with E-state index in [-0.39, 0.29) is 10.0 Å². The van der Waals surface area contributed by atoms with Crippen LogP contribution in [0, 0.1) is 0 Å². The van der Waals surface area contributed by atoms with Gasteiger partial charge in [0, 0.05) is 0 Å². The van der Waals surface area contributed by atoms with E-state index < -0.39 is 25.9 Å². The van der Waals surface area contributed by atoms with Crippen LogP contribution in [0.25, 0.3) is 0 Å². The molecular weight excluding hydrogens is 273 g/mol. The van der Waals surface area contributed by atoms with Gasteiger partial charge in [-0.1, -0.05) is 0 Å². The fourth-order valence-electron chi connectivity index (χ4n) is 1.05. The number of alkyl halides is 3. The van der Waals surface area contributed by atoms with E-state index in [0.29, 0.717) is 6.42 Å². The van der Waals surface area contributed by atoms with E-state index in [1.165, 1.54) is 0 Å². The fourth-order valence-corrected chi connectivity index (χ4v) is 4.19. The molecule has 0 bridgehead atoms. The standard InChI is InChI=1S/C7H12INO3/c1-8(2)5-4-6(10)12-7(11)9(5)3/h5H,4H2,1-3H3. The van der Waals surface area contributed by atoms with Crippen molar-refractivity contribution in [1.29, 1.82) is 0 Å². The Morgan fingerprint density at radius 3 is 2.58 bits per heavy atom. The zero-order valence-electron chi connectivity index (χ0n) is 7.33. The molecule has 0 aromatic heterocycles. The van der Waals surface area contributed by atoms with Crippen molar-refractivity contribution in [1.82, 2.24) is 4.90 Å².